The van der Waals surface area contributed by atoms with Gasteiger partial charge in [0.05, 0.1) is 11.0 Å². The molecule has 0 unspecified atom stereocenters. The van der Waals surface area contributed by atoms with Crippen LogP contribution >= 0.6 is 0 Å². The predicted molar refractivity (Wildman–Crippen MR) is 125 cm³/mol. The van der Waals surface area contributed by atoms with Crippen LogP contribution in [-0.4, -0.2) is 9.97 Å². The molecule has 0 amide bonds. The van der Waals surface area contributed by atoms with Crippen LogP contribution in [0, 0.1) is 6.92 Å². The molecule has 0 atom stereocenters. The molecule has 0 spiro atoms. The monoisotopic (exact) mass is 388 g/mol. The molecule has 30 heavy (non-hydrogen) atoms. The first kappa shape index (κ1) is 18.5. The average molecular weight is 389 g/mol. The number of aryl methyl sites for hydroxylation is 1. The number of hydrogen-bond acceptors (Lipinski definition) is 2. The number of fused-ring (bicyclic) bond motifs is 2. The molecule has 0 radical (unpaired) electrons. The third-order valence-corrected chi connectivity index (χ3v) is 5.77. The van der Waals surface area contributed by atoms with Crippen LogP contribution in [0.25, 0.3) is 21.8 Å². The summed E-state index contributed by atoms with van der Waals surface area (Å²) in [5.74, 6) is 0.327. The summed E-state index contributed by atoms with van der Waals surface area (Å²) in [6.07, 6.45) is 1.78. The fourth-order valence-corrected chi connectivity index (χ4v) is 4.10. The molecule has 0 fully saturated rings. The fraction of sp³-hybridized carbons (Fsp3) is 0.143. The molecule has 0 saturated heterocycles. The molecule has 2 aromatic heterocycles. The Morgan fingerprint density at radius 1 is 0.567 bits per heavy atom. The normalized spacial score (nSPS) is 11.4. The number of hydrogen-bond donors (Lipinski definition) is 0. The van der Waals surface area contributed by atoms with Gasteiger partial charge in [0.25, 0.3) is 0 Å². The topological polar surface area (TPSA) is 25.8 Å². The van der Waals surface area contributed by atoms with E-state index >= 15 is 0 Å². The van der Waals surface area contributed by atoms with E-state index in [0.29, 0.717) is 5.92 Å². The Morgan fingerprint density at radius 2 is 1.07 bits per heavy atom. The van der Waals surface area contributed by atoms with Crippen molar-refractivity contribution in [3.8, 4) is 0 Å². The SMILES string of the molecule is Cc1ccc(C(Cc2ccc3ccccc3n2)Cc2ccc3ccccc3n2)cc1. The molecule has 0 saturated carbocycles. The lowest BCUT2D eigenvalue weighted by molar-refractivity contribution is 0.660. The number of benzene rings is 3. The van der Waals surface area contributed by atoms with Crippen LogP contribution < -0.4 is 0 Å². The zero-order chi connectivity index (χ0) is 20.3. The van der Waals surface area contributed by atoms with Crippen LogP contribution in [-0.2, 0) is 12.8 Å². The molecule has 3 aromatic carbocycles. The van der Waals surface area contributed by atoms with Gasteiger partial charge >= 0.3 is 0 Å². The summed E-state index contributed by atoms with van der Waals surface area (Å²) >= 11 is 0. The largest absolute Gasteiger partial charge is 0.253 e. The Hall–Kier alpha value is -3.52. The third-order valence-electron chi connectivity index (χ3n) is 5.77. The quantitative estimate of drug-likeness (QED) is 0.336. The molecule has 0 aliphatic carbocycles. The molecular weight excluding hydrogens is 364 g/mol. The minimum Gasteiger partial charge on any atom is -0.253 e. The molecule has 0 bridgehead atoms. The Balaban J connectivity index is 1.49. The number of aromatic nitrogens is 2. The first-order valence-electron chi connectivity index (χ1n) is 10.5. The van der Waals surface area contributed by atoms with Crippen molar-refractivity contribution in [1.29, 1.82) is 0 Å². The van der Waals surface area contributed by atoms with Gasteiger partial charge in [-0.2, -0.15) is 0 Å². The van der Waals surface area contributed by atoms with Crippen LogP contribution in [0.2, 0.25) is 0 Å². The Labute approximate surface area is 177 Å². The highest BCUT2D eigenvalue weighted by atomic mass is 14.7. The van der Waals surface area contributed by atoms with Crippen LogP contribution in [0.3, 0.4) is 0 Å². The van der Waals surface area contributed by atoms with Crippen LogP contribution in [0.1, 0.15) is 28.4 Å². The van der Waals surface area contributed by atoms with Crippen LogP contribution in [0.5, 0.6) is 0 Å². The minimum atomic E-state index is 0.327. The second kappa shape index (κ2) is 8.08. The maximum Gasteiger partial charge on any atom is 0.0705 e. The van der Waals surface area contributed by atoms with Crippen molar-refractivity contribution in [3.05, 3.63) is 120 Å². The van der Waals surface area contributed by atoms with Crippen molar-refractivity contribution in [2.75, 3.05) is 0 Å². The highest BCUT2D eigenvalue weighted by Gasteiger charge is 2.16. The molecular formula is C28H24N2. The average Bonchev–Trinajstić information content (AvgIpc) is 2.79. The summed E-state index contributed by atoms with van der Waals surface area (Å²) in [5.41, 5.74) is 6.98. The zero-order valence-electron chi connectivity index (χ0n) is 17.1. The second-order valence-electron chi connectivity index (χ2n) is 8.01. The standard InChI is InChI=1S/C28H24N2/c1-20-10-12-21(13-11-20)24(18-25-16-14-22-6-2-4-8-27(22)29-25)19-26-17-15-23-7-3-5-9-28(23)30-26/h2-17,24H,18-19H2,1H3. The third kappa shape index (κ3) is 3.95. The summed E-state index contributed by atoms with van der Waals surface area (Å²) in [6, 6.07) is 34.2. The molecule has 0 N–H and O–H groups in total. The lowest BCUT2D eigenvalue weighted by Gasteiger charge is -2.18. The van der Waals surface area contributed by atoms with Gasteiger partial charge in [0.15, 0.2) is 0 Å². The van der Waals surface area contributed by atoms with Crippen LogP contribution in [0.15, 0.2) is 97.1 Å². The van der Waals surface area contributed by atoms with E-state index in [0.717, 1.165) is 35.3 Å². The van der Waals surface area contributed by atoms with Crippen molar-refractivity contribution in [1.82, 2.24) is 9.97 Å². The van der Waals surface area contributed by atoms with Gasteiger partial charge in [0.1, 0.15) is 0 Å². The molecule has 5 rings (SSSR count). The van der Waals surface area contributed by atoms with Gasteiger partial charge in [0, 0.05) is 22.2 Å². The molecule has 0 aliphatic heterocycles. The van der Waals surface area contributed by atoms with Gasteiger partial charge in [0.2, 0.25) is 0 Å². The summed E-state index contributed by atoms with van der Waals surface area (Å²) in [5, 5.41) is 2.37. The highest BCUT2D eigenvalue weighted by Crippen LogP contribution is 2.26. The van der Waals surface area contributed by atoms with Crippen LogP contribution in [0.4, 0.5) is 0 Å². The lowest BCUT2D eigenvalue weighted by Crippen LogP contribution is -2.09. The predicted octanol–water partition coefficient (Wildman–Crippen LogP) is 6.66. The van der Waals surface area contributed by atoms with Crippen molar-refractivity contribution in [3.63, 3.8) is 0 Å². The second-order valence-corrected chi connectivity index (χ2v) is 8.01. The Morgan fingerprint density at radius 3 is 1.60 bits per heavy atom. The van der Waals surface area contributed by atoms with E-state index < -0.39 is 0 Å². The smallest absolute Gasteiger partial charge is 0.0705 e. The van der Waals surface area contributed by atoms with E-state index in [9.17, 15) is 0 Å². The van der Waals surface area contributed by atoms with Gasteiger partial charge in [-0.25, -0.2) is 0 Å². The zero-order valence-corrected chi connectivity index (χ0v) is 17.1. The molecule has 2 heteroatoms. The first-order valence-corrected chi connectivity index (χ1v) is 10.5. The lowest BCUT2D eigenvalue weighted by atomic mass is 9.89. The van der Waals surface area contributed by atoms with Crippen molar-refractivity contribution >= 4 is 21.8 Å². The van der Waals surface area contributed by atoms with E-state index in [2.05, 4.69) is 104 Å². The summed E-state index contributed by atoms with van der Waals surface area (Å²) in [6.45, 7) is 2.13. The van der Waals surface area contributed by atoms with Gasteiger partial charge in [-0.3, -0.25) is 9.97 Å². The maximum atomic E-state index is 4.93. The van der Waals surface area contributed by atoms with Gasteiger partial charge in [-0.05, 0) is 55.5 Å². The van der Waals surface area contributed by atoms with Crippen molar-refractivity contribution < 1.29 is 0 Å². The van der Waals surface area contributed by atoms with Crippen molar-refractivity contribution in [2.45, 2.75) is 25.7 Å². The molecule has 146 valence electrons. The van der Waals surface area contributed by atoms with E-state index in [1.807, 2.05) is 0 Å². The van der Waals surface area contributed by atoms with E-state index in [1.54, 1.807) is 0 Å². The Kier molecular flexibility index (Phi) is 4.98. The minimum absolute atomic E-state index is 0.327. The van der Waals surface area contributed by atoms with Gasteiger partial charge in [-0.15, -0.1) is 0 Å². The molecule has 0 aliphatic rings. The molecule has 2 heterocycles. The van der Waals surface area contributed by atoms with E-state index in [-0.39, 0.29) is 0 Å². The number of rotatable bonds is 5. The van der Waals surface area contributed by atoms with Crippen molar-refractivity contribution in [2.24, 2.45) is 0 Å². The summed E-state index contributed by atoms with van der Waals surface area (Å²) in [4.78, 5) is 9.86. The fourth-order valence-electron chi connectivity index (χ4n) is 4.10. The molecule has 5 aromatic rings. The maximum absolute atomic E-state index is 4.93. The number of pyridine rings is 2. The summed E-state index contributed by atoms with van der Waals surface area (Å²) in [7, 11) is 0. The van der Waals surface area contributed by atoms with E-state index in [4.69, 9.17) is 9.97 Å². The van der Waals surface area contributed by atoms with E-state index in [1.165, 1.54) is 21.9 Å². The highest BCUT2D eigenvalue weighted by molar-refractivity contribution is 5.79. The first-order chi connectivity index (χ1) is 14.7. The van der Waals surface area contributed by atoms with Gasteiger partial charge < -0.3 is 0 Å². The Bertz CT molecular complexity index is 1220. The molecule has 2 nitrogen and oxygen atoms in total. The summed E-state index contributed by atoms with van der Waals surface area (Å²) < 4.78 is 0. The number of para-hydroxylation sites is 2. The van der Waals surface area contributed by atoms with Gasteiger partial charge in [-0.1, -0.05) is 78.4 Å². The number of nitrogens with zero attached hydrogens (tertiary/aromatic N) is 2.